The number of carbonyl (C=O) groups is 1. The van der Waals surface area contributed by atoms with Crippen molar-refractivity contribution in [3.8, 4) is 5.69 Å². The third kappa shape index (κ3) is 2.55. The Morgan fingerprint density at radius 3 is 2.86 bits per heavy atom. The minimum Gasteiger partial charge on any atom is -0.387 e. The molecule has 0 unspecified atom stereocenters. The first-order valence-electron chi connectivity index (χ1n) is 6.72. The van der Waals surface area contributed by atoms with Crippen LogP contribution in [0, 0.1) is 5.82 Å². The van der Waals surface area contributed by atoms with Gasteiger partial charge >= 0.3 is 0 Å². The first-order chi connectivity index (χ1) is 10.7. The predicted octanol–water partition coefficient (Wildman–Crippen LogP) is 2.79. The fourth-order valence-electron chi connectivity index (χ4n) is 2.29. The smallest absolute Gasteiger partial charge is 0.170 e. The van der Waals surface area contributed by atoms with Gasteiger partial charge in [0.1, 0.15) is 18.2 Å². The molecule has 0 atom stereocenters. The predicted molar refractivity (Wildman–Crippen MR) is 78.8 cm³/mol. The van der Waals surface area contributed by atoms with Crippen LogP contribution >= 0.6 is 0 Å². The third-order valence-electron chi connectivity index (χ3n) is 3.41. The lowest BCUT2D eigenvalue weighted by molar-refractivity contribution is 0.111. The molecule has 6 heteroatoms. The Morgan fingerprint density at radius 2 is 2.23 bits per heavy atom. The van der Waals surface area contributed by atoms with Crippen LogP contribution in [0.3, 0.4) is 0 Å². The summed E-state index contributed by atoms with van der Waals surface area (Å²) < 4.78 is 27.9. The second-order valence-corrected chi connectivity index (χ2v) is 4.83. The van der Waals surface area contributed by atoms with Gasteiger partial charge in [0.05, 0.1) is 11.4 Å². The van der Waals surface area contributed by atoms with Crippen molar-refractivity contribution in [2.75, 3.05) is 6.54 Å². The molecule has 0 aliphatic carbocycles. The molecule has 1 aliphatic heterocycles. The zero-order chi connectivity index (χ0) is 15.5. The van der Waals surface area contributed by atoms with Crippen LogP contribution in [-0.2, 0) is 6.67 Å². The molecule has 112 valence electrons. The van der Waals surface area contributed by atoms with E-state index in [-0.39, 0.29) is 11.3 Å². The average molecular weight is 301 g/mol. The summed E-state index contributed by atoms with van der Waals surface area (Å²) in [6, 6.07) is 5.81. The molecule has 3 rings (SSSR count). The summed E-state index contributed by atoms with van der Waals surface area (Å²) in [5.74, 6) is -0.634. The molecule has 1 aromatic carbocycles. The SMILES string of the molecule is O=Cc1cc(C2=CC=CNC2)n(-c2ccc(CF)c(F)c2)n1. The minimum absolute atomic E-state index is 0.00505. The van der Waals surface area contributed by atoms with Crippen molar-refractivity contribution >= 4 is 11.9 Å². The number of allylic oxidation sites excluding steroid dienone is 2. The van der Waals surface area contributed by atoms with Crippen molar-refractivity contribution in [3.63, 3.8) is 0 Å². The molecule has 4 nitrogen and oxygen atoms in total. The number of hydrogen-bond donors (Lipinski definition) is 1. The fourth-order valence-corrected chi connectivity index (χ4v) is 2.29. The molecule has 0 fully saturated rings. The maximum Gasteiger partial charge on any atom is 0.170 e. The zero-order valence-electron chi connectivity index (χ0n) is 11.6. The first kappa shape index (κ1) is 14.2. The van der Waals surface area contributed by atoms with Gasteiger partial charge in [-0.15, -0.1) is 0 Å². The van der Waals surface area contributed by atoms with Crippen molar-refractivity contribution < 1.29 is 13.6 Å². The normalized spacial score (nSPS) is 13.6. The van der Waals surface area contributed by atoms with Gasteiger partial charge in [0.15, 0.2) is 6.29 Å². The summed E-state index contributed by atoms with van der Waals surface area (Å²) in [4.78, 5) is 11.0. The number of carbonyl (C=O) groups excluding carboxylic acids is 1. The Morgan fingerprint density at radius 1 is 1.36 bits per heavy atom. The van der Waals surface area contributed by atoms with Gasteiger partial charge in [0.2, 0.25) is 0 Å². The molecule has 22 heavy (non-hydrogen) atoms. The number of aldehydes is 1. The standard InChI is InChI=1S/C16H13F2N3O/c17-8-11-3-4-14(7-15(11)18)21-16(6-13(10-22)20-21)12-2-1-5-19-9-12/h1-7,10,19H,8-9H2. The van der Waals surface area contributed by atoms with Gasteiger partial charge in [-0.2, -0.15) is 5.10 Å². The zero-order valence-corrected chi connectivity index (χ0v) is 11.6. The molecule has 0 bridgehead atoms. The number of aromatic nitrogens is 2. The molecular formula is C16H13F2N3O. The lowest BCUT2D eigenvalue weighted by atomic mass is 10.1. The second kappa shape index (κ2) is 5.93. The molecule has 0 saturated carbocycles. The van der Waals surface area contributed by atoms with Crippen LogP contribution in [0.1, 0.15) is 21.7 Å². The maximum atomic E-state index is 13.8. The van der Waals surface area contributed by atoms with Crippen LogP contribution in [0.2, 0.25) is 0 Å². The highest BCUT2D eigenvalue weighted by Crippen LogP contribution is 2.22. The van der Waals surface area contributed by atoms with Crippen molar-refractivity contribution in [2.45, 2.75) is 6.67 Å². The molecule has 2 aromatic rings. The molecule has 0 amide bonds. The largest absolute Gasteiger partial charge is 0.387 e. The number of nitrogens with one attached hydrogen (secondary N) is 1. The van der Waals surface area contributed by atoms with E-state index < -0.39 is 12.5 Å². The van der Waals surface area contributed by atoms with Gasteiger partial charge in [-0.05, 0) is 36.0 Å². The average Bonchev–Trinajstić information content (AvgIpc) is 3.00. The number of rotatable bonds is 4. The summed E-state index contributed by atoms with van der Waals surface area (Å²) in [6.45, 7) is -0.289. The number of hydrogen-bond acceptors (Lipinski definition) is 3. The van der Waals surface area contributed by atoms with E-state index in [9.17, 15) is 13.6 Å². The molecule has 1 N–H and O–H groups in total. The van der Waals surface area contributed by atoms with Crippen molar-refractivity contribution in [3.05, 3.63) is 65.4 Å². The van der Waals surface area contributed by atoms with Crippen LogP contribution in [0.15, 0.2) is 42.6 Å². The van der Waals surface area contributed by atoms with E-state index in [4.69, 9.17) is 0 Å². The van der Waals surface area contributed by atoms with E-state index in [1.807, 2.05) is 12.2 Å². The topological polar surface area (TPSA) is 46.9 Å². The molecule has 0 radical (unpaired) electrons. The lowest BCUT2D eigenvalue weighted by Crippen LogP contribution is -2.14. The van der Waals surface area contributed by atoms with Crippen molar-refractivity contribution in [1.82, 2.24) is 15.1 Å². The van der Waals surface area contributed by atoms with Crippen LogP contribution < -0.4 is 5.32 Å². The van der Waals surface area contributed by atoms with E-state index in [1.54, 1.807) is 18.3 Å². The highest BCUT2D eigenvalue weighted by Gasteiger charge is 2.15. The van der Waals surface area contributed by atoms with Crippen LogP contribution in [-0.4, -0.2) is 22.6 Å². The van der Waals surface area contributed by atoms with Gasteiger partial charge in [-0.3, -0.25) is 4.79 Å². The summed E-state index contributed by atoms with van der Waals surface area (Å²) in [5, 5.41) is 7.23. The molecule has 1 aliphatic rings. The minimum atomic E-state index is -0.864. The van der Waals surface area contributed by atoms with Crippen LogP contribution in [0.25, 0.3) is 11.3 Å². The van der Waals surface area contributed by atoms with Crippen molar-refractivity contribution in [1.29, 1.82) is 0 Å². The Hall–Kier alpha value is -2.76. The molecular weight excluding hydrogens is 288 g/mol. The summed E-state index contributed by atoms with van der Waals surface area (Å²) >= 11 is 0. The number of benzene rings is 1. The van der Waals surface area contributed by atoms with Crippen molar-refractivity contribution in [2.24, 2.45) is 0 Å². The van der Waals surface area contributed by atoms with E-state index in [0.29, 0.717) is 24.2 Å². The van der Waals surface area contributed by atoms with Gasteiger partial charge in [-0.1, -0.05) is 12.1 Å². The molecule has 2 heterocycles. The van der Waals surface area contributed by atoms with Gasteiger partial charge in [0, 0.05) is 12.1 Å². The van der Waals surface area contributed by atoms with E-state index >= 15 is 0 Å². The van der Waals surface area contributed by atoms with Gasteiger partial charge in [-0.25, -0.2) is 13.5 Å². The summed E-state index contributed by atoms with van der Waals surface area (Å²) in [7, 11) is 0. The van der Waals surface area contributed by atoms with Crippen LogP contribution in [0.5, 0.6) is 0 Å². The first-order valence-corrected chi connectivity index (χ1v) is 6.72. The Kier molecular flexibility index (Phi) is 3.82. The summed E-state index contributed by atoms with van der Waals surface area (Å²) in [5.41, 5.74) is 2.28. The highest BCUT2D eigenvalue weighted by atomic mass is 19.1. The highest BCUT2D eigenvalue weighted by molar-refractivity contribution is 5.77. The lowest BCUT2D eigenvalue weighted by Gasteiger charge is -2.13. The number of alkyl halides is 1. The van der Waals surface area contributed by atoms with E-state index in [1.165, 1.54) is 16.8 Å². The number of nitrogens with zero attached hydrogens (tertiary/aromatic N) is 2. The third-order valence-corrected chi connectivity index (χ3v) is 3.41. The molecule has 1 aromatic heterocycles. The van der Waals surface area contributed by atoms with E-state index in [0.717, 1.165) is 5.57 Å². The Bertz CT molecular complexity index is 778. The molecule has 0 saturated heterocycles. The summed E-state index contributed by atoms with van der Waals surface area (Å²) in [6.07, 6.45) is 6.17. The number of halogens is 2. The Balaban J connectivity index is 2.11. The Labute approximate surface area is 125 Å². The quantitative estimate of drug-likeness (QED) is 0.883. The van der Waals surface area contributed by atoms with Crippen LogP contribution in [0.4, 0.5) is 8.78 Å². The second-order valence-electron chi connectivity index (χ2n) is 4.83. The molecule has 0 spiro atoms. The monoisotopic (exact) mass is 301 g/mol. The van der Waals surface area contributed by atoms with Gasteiger partial charge < -0.3 is 5.32 Å². The fraction of sp³-hybridized carbons (Fsp3) is 0.125. The number of dihydropyridines is 1. The van der Waals surface area contributed by atoms with E-state index in [2.05, 4.69) is 10.4 Å². The maximum absolute atomic E-state index is 13.8. The van der Waals surface area contributed by atoms with Gasteiger partial charge in [0.25, 0.3) is 0 Å².